The van der Waals surface area contributed by atoms with Crippen molar-refractivity contribution in [2.75, 3.05) is 5.32 Å². The summed E-state index contributed by atoms with van der Waals surface area (Å²) in [7, 11) is 0. The smallest absolute Gasteiger partial charge is 0.359 e. The molecule has 0 radical (unpaired) electrons. The van der Waals surface area contributed by atoms with Crippen molar-refractivity contribution in [2.24, 2.45) is 4.99 Å². The number of unbranched alkanes of at least 4 members (excludes halogenated alkanes) is 2. The lowest BCUT2D eigenvalue weighted by Gasteiger charge is -2.28. The quantitative estimate of drug-likeness (QED) is 0.322. The third-order valence-electron chi connectivity index (χ3n) is 5.96. The van der Waals surface area contributed by atoms with Crippen LogP contribution in [0.2, 0.25) is 0 Å². The topological polar surface area (TPSA) is 36.4 Å². The van der Waals surface area contributed by atoms with Gasteiger partial charge in [0.15, 0.2) is 0 Å². The van der Waals surface area contributed by atoms with Crippen molar-refractivity contribution >= 4 is 17.2 Å². The van der Waals surface area contributed by atoms with Gasteiger partial charge in [-0.3, -0.25) is 0 Å². The summed E-state index contributed by atoms with van der Waals surface area (Å²) >= 11 is 0. The first-order valence-electron chi connectivity index (χ1n) is 12.2. The van der Waals surface area contributed by atoms with E-state index < -0.39 is 35.4 Å². The Morgan fingerprint density at radius 3 is 2.29 bits per heavy atom. The Morgan fingerprint density at radius 2 is 1.66 bits per heavy atom. The van der Waals surface area contributed by atoms with E-state index in [2.05, 4.69) is 36.1 Å². The maximum atomic E-state index is 14.0. The summed E-state index contributed by atoms with van der Waals surface area (Å²) in [5, 5.41) is 5.80. The molecule has 202 valence electrons. The van der Waals surface area contributed by atoms with Gasteiger partial charge in [-0.2, -0.15) is 13.2 Å². The van der Waals surface area contributed by atoms with Crippen molar-refractivity contribution in [3.63, 3.8) is 0 Å². The Kier molecular flexibility index (Phi) is 9.25. The van der Waals surface area contributed by atoms with Crippen LogP contribution in [0.25, 0.3) is 5.70 Å². The van der Waals surface area contributed by atoms with Gasteiger partial charge in [0.25, 0.3) is 0 Å². The predicted molar refractivity (Wildman–Crippen MR) is 139 cm³/mol. The van der Waals surface area contributed by atoms with Crippen LogP contribution in [0.3, 0.4) is 0 Å². The average Bonchev–Trinajstić information content (AvgIpc) is 2.86. The molecule has 2 N–H and O–H groups in total. The number of aliphatic imine (C=N–C) groups is 1. The molecule has 3 aromatic carbocycles. The minimum Gasteiger partial charge on any atom is -0.359 e. The maximum absolute atomic E-state index is 14.0. The third kappa shape index (κ3) is 6.76. The monoisotopic (exact) mass is 533 g/mol. The Hall–Kier alpha value is -3.75. The van der Waals surface area contributed by atoms with Crippen LogP contribution in [0.5, 0.6) is 0 Å². The summed E-state index contributed by atoms with van der Waals surface area (Å²) in [6, 6.07) is 10.9. The van der Waals surface area contributed by atoms with Crippen LogP contribution in [-0.2, 0) is 6.18 Å². The molecule has 0 saturated carbocycles. The van der Waals surface area contributed by atoms with Gasteiger partial charge < -0.3 is 10.6 Å². The number of fused-ring (bicyclic) bond motifs is 1. The van der Waals surface area contributed by atoms with Crippen LogP contribution in [0.1, 0.15) is 67.1 Å². The predicted octanol–water partition coefficient (Wildman–Crippen LogP) is 8.76. The normalized spacial score (nSPS) is 14.4. The highest BCUT2D eigenvalue weighted by Gasteiger charge is 2.37. The molecule has 0 fully saturated rings. The molecule has 4 rings (SSSR count). The molecule has 9 heteroatoms. The molecule has 0 aromatic heterocycles. The first-order chi connectivity index (χ1) is 18.0. The summed E-state index contributed by atoms with van der Waals surface area (Å²) in [4.78, 5) is 4.36. The number of para-hydroxylation sites is 1. The first kappa shape index (κ1) is 28.8. The molecule has 0 saturated heterocycles. The lowest BCUT2D eigenvalue weighted by molar-refractivity contribution is -0.138. The maximum Gasteiger partial charge on any atom is 0.416 e. The average molecular weight is 534 g/mol. The number of alkyl halides is 3. The van der Waals surface area contributed by atoms with E-state index in [0.29, 0.717) is 17.3 Å². The lowest BCUT2D eigenvalue weighted by atomic mass is 10.0. The van der Waals surface area contributed by atoms with E-state index >= 15 is 0 Å². The zero-order chi connectivity index (χ0) is 28.0. The third-order valence-corrected chi connectivity index (χ3v) is 5.96. The SMILES string of the molecule is C=C(NC1=NC(c2ccc(F)cc2C(F)(F)F)Nc2ccccc21)c1cc(F)cc(F)c1C.CCCCC. The second kappa shape index (κ2) is 12.2. The molecule has 0 amide bonds. The molecule has 0 spiro atoms. The molecular formula is C29H29F6N3. The van der Waals surface area contributed by atoms with Crippen molar-refractivity contribution in [1.29, 1.82) is 0 Å². The van der Waals surface area contributed by atoms with Crippen LogP contribution in [0, 0.1) is 24.4 Å². The van der Waals surface area contributed by atoms with Crippen molar-refractivity contribution in [3.05, 3.63) is 106 Å². The van der Waals surface area contributed by atoms with E-state index in [0.717, 1.165) is 24.3 Å². The van der Waals surface area contributed by atoms with Crippen molar-refractivity contribution in [2.45, 2.75) is 52.4 Å². The van der Waals surface area contributed by atoms with E-state index in [-0.39, 0.29) is 28.2 Å². The second-order valence-electron chi connectivity index (χ2n) is 8.82. The van der Waals surface area contributed by atoms with Gasteiger partial charge in [0.05, 0.1) is 5.56 Å². The number of benzene rings is 3. The Bertz CT molecular complexity index is 1330. The van der Waals surface area contributed by atoms with Gasteiger partial charge >= 0.3 is 6.18 Å². The fraction of sp³-hybridized carbons (Fsp3) is 0.276. The summed E-state index contributed by atoms with van der Waals surface area (Å²) in [6.07, 6.45) is -1.94. The van der Waals surface area contributed by atoms with Gasteiger partial charge in [-0.15, -0.1) is 0 Å². The molecule has 1 unspecified atom stereocenters. The van der Waals surface area contributed by atoms with Crippen LogP contribution in [0.15, 0.2) is 66.2 Å². The minimum atomic E-state index is -4.81. The Labute approximate surface area is 218 Å². The number of hydrogen-bond donors (Lipinski definition) is 2. The minimum absolute atomic E-state index is 0.107. The zero-order valence-corrected chi connectivity index (χ0v) is 21.3. The lowest BCUT2D eigenvalue weighted by Crippen LogP contribution is -2.30. The standard InChI is InChI=1S/C24H17F6N3.C5H12/c1-12-18(9-15(26)11-20(12)27)13(2)31-23-17-5-3-4-6-21(17)32-22(33-23)16-8-7-14(25)10-19(16)24(28,29)30;1-3-5-4-2/h3-11,22,32H,2H2,1H3,(H,31,33);3-5H2,1-2H3. The van der Waals surface area contributed by atoms with Crippen LogP contribution >= 0.6 is 0 Å². The van der Waals surface area contributed by atoms with E-state index in [1.807, 2.05) is 0 Å². The molecule has 0 aliphatic carbocycles. The van der Waals surface area contributed by atoms with Crippen molar-refractivity contribution < 1.29 is 26.3 Å². The summed E-state index contributed by atoms with van der Waals surface area (Å²) in [6.45, 7) is 9.70. The zero-order valence-electron chi connectivity index (χ0n) is 21.3. The first-order valence-corrected chi connectivity index (χ1v) is 12.2. The highest BCUT2D eigenvalue weighted by molar-refractivity contribution is 6.08. The van der Waals surface area contributed by atoms with E-state index in [9.17, 15) is 26.3 Å². The number of rotatable bonds is 5. The van der Waals surface area contributed by atoms with Crippen LogP contribution in [-0.4, -0.2) is 5.84 Å². The highest BCUT2D eigenvalue weighted by Crippen LogP contribution is 2.38. The number of halogens is 6. The van der Waals surface area contributed by atoms with Gasteiger partial charge in [0.2, 0.25) is 0 Å². The Balaban J connectivity index is 0.000000732. The van der Waals surface area contributed by atoms with Crippen LogP contribution in [0.4, 0.5) is 32.0 Å². The molecule has 0 bridgehead atoms. The van der Waals surface area contributed by atoms with Gasteiger partial charge in [-0.05, 0) is 42.8 Å². The number of hydrogen-bond acceptors (Lipinski definition) is 3. The van der Waals surface area contributed by atoms with Crippen LogP contribution < -0.4 is 10.6 Å². The molecule has 1 aliphatic rings. The van der Waals surface area contributed by atoms with Crippen molar-refractivity contribution in [3.8, 4) is 0 Å². The van der Waals surface area contributed by atoms with Gasteiger partial charge in [0, 0.05) is 34.1 Å². The summed E-state index contributed by atoms with van der Waals surface area (Å²) in [5.41, 5.74) is -0.0601. The second-order valence-corrected chi connectivity index (χ2v) is 8.82. The van der Waals surface area contributed by atoms with Gasteiger partial charge in [-0.25, -0.2) is 18.2 Å². The van der Waals surface area contributed by atoms with Gasteiger partial charge in [0.1, 0.15) is 29.5 Å². The molecule has 38 heavy (non-hydrogen) atoms. The van der Waals surface area contributed by atoms with E-state index in [1.54, 1.807) is 24.3 Å². The largest absolute Gasteiger partial charge is 0.416 e. The fourth-order valence-corrected chi connectivity index (χ4v) is 3.98. The molecule has 3 nitrogen and oxygen atoms in total. The fourth-order valence-electron chi connectivity index (χ4n) is 3.98. The van der Waals surface area contributed by atoms with E-state index in [4.69, 9.17) is 0 Å². The number of amidine groups is 1. The molecule has 3 aromatic rings. The molecule has 1 aliphatic heterocycles. The van der Waals surface area contributed by atoms with Crippen molar-refractivity contribution in [1.82, 2.24) is 5.32 Å². The Morgan fingerprint density at radius 1 is 0.974 bits per heavy atom. The molecular weight excluding hydrogens is 504 g/mol. The molecule has 1 atom stereocenters. The van der Waals surface area contributed by atoms with E-state index in [1.165, 1.54) is 26.2 Å². The highest BCUT2D eigenvalue weighted by atomic mass is 19.4. The summed E-state index contributed by atoms with van der Waals surface area (Å²) < 4.78 is 82.1. The molecule has 1 heterocycles. The number of nitrogens with zero attached hydrogens (tertiary/aromatic N) is 1. The summed E-state index contributed by atoms with van der Waals surface area (Å²) in [5.74, 6) is -2.45. The number of nitrogens with one attached hydrogen (secondary N) is 2. The van der Waals surface area contributed by atoms with Gasteiger partial charge in [-0.1, -0.05) is 57.9 Å². The number of anilines is 1.